The first-order valence-corrected chi connectivity index (χ1v) is 8.99. The van der Waals surface area contributed by atoms with Crippen molar-refractivity contribution < 1.29 is 9.21 Å². The van der Waals surface area contributed by atoms with Crippen LogP contribution >= 0.6 is 11.6 Å². The fraction of sp³-hybridized carbons (Fsp3) is 0.556. The summed E-state index contributed by atoms with van der Waals surface area (Å²) in [4.78, 5) is 16.1. The molecule has 0 bridgehead atoms. The topological polar surface area (TPSA) is 67.2 Å². The van der Waals surface area contributed by atoms with E-state index in [1.54, 1.807) is 6.07 Å². The second-order valence-corrected chi connectivity index (χ2v) is 7.33. The van der Waals surface area contributed by atoms with Crippen LogP contribution in [0.15, 0.2) is 22.6 Å². The highest BCUT2D eigenvalue weighted by molar-refractivity contribution is 6.31. The van der Waals surface area contributed by atoms with Gasteiger partial charge in [0.2, 0.25) is 5.91 Å². The number of nitrogens with zero attached hydrogens (tertiary/aromatic N) is 1. The van der Waals surface area contributed by atoms with Gasteiger partial charge in [0.15, 0.2) is 5.58 Å². The van der Waals surface area contributed by atoms with Gasteiger partial charge in [0, 0.05) is 29.6 Å². The lowest BCUT2D eigenvalue weighted by atomic mass is 9.86. The first kappa shape index (κ1) is 17.1. The van der Waals surface area contributed by atoms with Crippen molar-refractivity contribution in [2.45, 2.75) is 45.6 Å². The Morgan fingerprint density at radius 1 is 1.33 bits per heavy atom. The number of nitrogens with one attached hydrogen (secondary N) is 2. The van der Waals surface area contributed by atoms with Crippen molar-refractivity contribution in [1.29, 1.82) is 0 Å². The van der Waals surface area contributed by atoms with Crippen LogP contribution in [0.3, 0.4) is 0 Å². The van der Waals surface area contributed by atoms with Gasteiger partial charge in [0.05, 0.1) is 0 Å². The summed E-state index contributed by atoms with van der Waals surface area (Å²) >= 11 is 5.97. The van der Waals surface area contributed by atoms with Crippen LogP contribution in [-0.4, -0.2) is 23.5 Å². The van der Waals surface area contributed by atoms with Crippen LogP contribution in [0, 0.1) is 11.8 Å². The van der Waals surface area contributed by atoms with E-state index in [2.05, 4.69) is 15.6 Å². The van der Waals surface area contributed by atoms with E-state index in [4.69, 9.17) is 16.0 Å². The van der Waals surface area contributed by atoms with E-state index in [1.165, 1.54) is 0 Å². The Labute approximate surface area is 147 Å². The number of rotatable bonds is 5. The van der Waals surface area contributed by atoms with E-state index in [1.807, 2.05) is 26.0 Å². The van der Waals surface area contributed by atoms with Gasteiger partial charge in [-0.3, -0.25) is 4.79 Å². The molecule has 1 amide bonds. The molecule has 0 aliphatic heterocycles. The molecule has 0 radical (unpaired) electrons. The molecule has 1 aromatic heterocycles. The van der Waals surface area contributed by atoms with Gasteiger partial charge in [-0.05, 0) is 43.7 Å². The number of aromatic nitrogens is 1. The minimum atomic E-state index is 0.0515. The molecule has 2 N–H and O–H groups in total. The van der Waals surface area contributed by atoms with Crippen molar-refractivity contribution in [3.05, 3.63) is 23.2 Å². The summed E-state index contributed by atoms with van der Waals surface area (Å²) in [6, 6.07) is 6.38. The number of hydrogen-bond acceptors (Lipinski definition) is 4. The van der Waals surface area contributed by atoms with Crippen LogP contribution < -0.4 is 10.6 Å². The number of amides is 1. The van der Waals surface area contributed by atoms with Gasteiger partial charge in [-0.15, -0.1) is 0 Å². The summed E-state index contributed by atoms with van der Waals surface area (Å²) < 4.78 is 5.72. The largest absolute Gasteiger partial charge is 0.423 e. The van der Waals surface area contributed by atoms with E-state index in [0.717, 1.165) is 37.7 Å². The highest BCUT2D eigenvalue weighted by atomic mass is 35.5. The van der Waals surface area contributed by atoms with Crippen LogP contribution in [0.4, 0.5) is 6.01 Å². The summed E-state index contributed by atoms with van der Waals surface area (Å²) in [6.45, 7) is 4.62. The van der Waals surface area contributed by atoms with Crippen molar-refractivity contribution >= 4 is 34.6 Å². The molecule has 3 rings (SSSR count). The lowest BCUT2D eigenvalue weighted by Gasteiger charge is -2.28. The zero-order chi connectivity index (χ0) is 17.1. The maximum absolute atomic E-state index is 11.6. The lowest BCUT2D eigenvalue weighted by Crippen LogP contribution is -2.35. The van der Waals surface area contributed by atoms with E-state index in [-0.39, 0.29) is 11.8 Å². The second-order valence-electron chi connectivity index (χ2n) is 6.89. The zero-order valence-corrected chi connectivity index (χ0v) is 14.9. The predicted molar refractivity (Wildman–Crippen MR) is 96.2 cm³/mol. The molecule has 0 atom stereocenters. The van der Waals surface area contributed by atoms with Crippen LogP contribution in [0.25, 0.3) is 11.1 Å². The van der Waals surface area contributed by atoms with Crippen molar-refractivity contribution in [3.8, 4) is 0 Å². The third-order valence-corrected chi connectivity index (χ3v) is 4.85. The quantitative estimate of drug-likeness (QED) is 0.847. The van der Waals surface area contributed by atoms with E-state index < -0.39 is 0 Å². The molecule has 1 aromatic carbocycles. The Hall–Kier alpha value is -1.75. The maximum Gasteiger partial charge on any atom is 0.295 e. The van der Waals surface area contributed by atoms with E-state index >= 15 is 0 Å². The van der Waals surface area contributed by atoms with Gasteiger partial charge in [-0.1, -0.05) is 25.4 Å². The molecular formula is C18H24ClN3O2. The summed E-state index contributed by atoms with van der Waals surface area (Å²) in [6.07, 6.45) is 4.31. The Morgan fingerprint density at radius 3 is 2.79 bits per heavy atom. The minimum absolute atomic E-state index is 0.0515. The number of carbonyl (C=O) groups excluding carboxylic acids is 1. The van der Waals surface area contributed by atoms with Crippen molar-refractivity contribution in [3.63, 3.8) is 0 Å². The molecule has 1 saturated carbocycles. The zero-order valence-electron chi connectivity index (χ0n) is 14.1. The van der Waals surface area contributed by atoms with Crippen LogP contribution in [0.2, 0.25) is 5.02 Å². The Kier molecular flexibility index (Phi) is 5.29. The first-order chi connectivity index (χ1) is 11.5. The highest BCUT2D eigenvalue weighted by Crippen LogP contribution is 2.28. The molecule has 0 saturated heterocycles. The van der Waals surface area contributed by atoms with Gasteiger partial charge in [0.1, 0.15) is 5.52 Å². The monoisotopic (exact) mass is 349 g/mol. The molecule has 1 fully saturated rings. The normalized spacial score (nSPS) is 21.2. The fourth-order valence-electron chi connectivity index (χ4n) is 3.09. The molecule has 0 unspecified atom stereocenters. The summed E-state index contributed by atoms with van der Waals surface area (Å²) in [5, 5.41) is 7.07. The van der Waals surface area contributed by atoms with Gasteiger partial charge < -0.3 is 15.1 Å². The third-order valence-electron chi connectivity index (χ3n) is 4.61. The average molecular weight is 350 g/mol. The molecule has 24 heavy (non-hydrogen) atoms. The molecule has 130 valence electrons. The van der Waals surface area contributed by atoms with Crippen LogP contribution in [0.5, 0.6) is 0 Å². The van der Waals surface area contributed by atoms with Crippen molar-refractivity contribution in [1.82, 2.24) is 10.3 Å². The molecule has 6 heteroatoms. The van der Waals surface area contributed by atoms with Gasteiger partial charge in [0.25, 0.3) is 6.01 Å². The number of oxazole rings is 1. The van der Waals surface area contributed by atoms with Crippen LogP contribution in [0.1, 0.15) is 39.5 Å². The second kappa shape index (κ2) is 7.43. The SMILES string of the molecule is CC(C)C(=O)NC[C@H]1CC[C@H](Nc2nc3ccc(Cl)cc3o2)CC1. The summed E-state index contributed by atoms with van der Waals surface area (Å²) in [5.74, 6) is 0.754. The lowest BCUT2D eigenvalue weighted by molar-refractivity contribution is -0.124. The predicted octanol–water partition coefficient (Wildman–Crippen LogP) is 4.22. The van der Waals surface area contributed by atoms with Crippen LogP contribution in [-0.2, 0) is 4.79 Å². The number of anilines is 1. The van der Waals surface area contributed by atoms with Gasteiger partial charge in [-0.2, -0.15) is 4.98 Å². The smallest absolute Gasteiger partial charge is 0.295 e. The Balaban J connectivity index is 1.48. The number of halogens is 1. The molecular weight excluding hydrogens is 326 g/mol. The van der Waals surface area contributed by atoms with Gasteiger partial charge >= 0.3 is 0 Å². The van der Waals surface area contributed by atoms with E-state index in [0.29, 0.717) is 28.6 Å². The molecule has 0 spiro atoms. The number of carbonyl (C=O) groups is 1. The molecule has 5 nitrogen and oxygen atoms in total. The highest BCUT2D eigenvalue weighted by Gasteiger charge is 2.23. The number of benzene rings is 1. The molecule has 1 aliphatic rings. The summed E-state index contributed by atoms with van der Waals surface area (Å²) in [5.41, 5.74) is 1.52. The molecule has 1 heterocycles. The van der Waals surface area contributed by atoms with Gasteiger partial charge in [-0.25, -0.2) is 0 Å². The number of fused-ring (bicyclic) bond motifs is 1. The minimum Gasteiger partial charge on any atom is -0.423 e. The molecule has 1 aliphatic carbocycles. The van der Waals surface area contributed by atoms with Crippen molar-refractivity contribution in [2.24, 2.45) is 11.8 Å². The first-order valence-electron chi connectivity index (χ1n) is 8.61. The van der Waals surface area contributed by atoms with E-state index in [9.17, 15) is 4.79 Å². The number of hydrogen-bond donors (Lipinski definition) is 2. The maximum atomic E-state index is 11.6. The third kappa shape index (κ3) is 4.20. The molecule has 2 aromatic rings. The Bertz CT molecular complexity index is 705. The van der Waals surface area contributed by atoms with Crippen molar-refractivity contribution in [2.75, 3.05) is 11.9 Å². The fourth-order valence-corrected chi connectivity index (χ4v) is 3.26. The summed E-state index contributed by atoms with van der Waals surface area (Å²) in [7, 11) is 0. The standard InChI is InChI=1S/C18H24ClN3O2/c1-11(2)17(23)20-10-12-3-6-14(7-4-12)21-18-22-15-8-5-13(19)9-16(15)24-18/h5,8-9,11-12,14H,3-4,6-7,10H2,1-2H3,(H,20,23)(H,21,22)/t12-,14-. The Morgan fingerprint density at radius 2 is 2.08 bits per heavy atom. The average Bonchev–Trinajstić information content (AvgIpc) is 2.95.